The van der Waals surface area contributed by atoms with Gasteiger partial charge >= 0.3 is 0 Å². The van der Waals surface area contributed by atoms with Gasteiger partial charge in [-0.1, -0.05) is 11.6 Å². The molecule has 1 N–H and O–H groups in total. The number of fused-ring (bicyclic) bond motifs is 1. The van der Waals surface area contributed by atoms with Crippen LogP contribution in [0.3, 0.4) is 0 Å². The van der Waals surface area contributed by atoms with Crippen molar-refractivity contribution in [2.75, 3.05) is 7.11 Å². The van der Waals surface area contributed by atoms with Crippen molar-refractivity contribution in [1.29, 1.82) is 0 Å². The van der Waals surface area contributed by atoms with Gasteiger partial charge in [-0.05, 0) is 17.3 Å². The highest BCUT2D eigenvalue weighted by Crippen LogP contribution is 2.37. The molecule has 0 saturated heterocycles. The van der Waals surface area contributed by atoms with Gasteiger partial charge in [-0.25, -0.2) is 0 Å². The van der Waals surface area contributed by atoms with Crippen molar-refractivity contribution in [2.45, 2.75) is 0 Å². The standard InChI is InChI=1S/C9H7ClN2O2/c1-14-7-3-2-5(10)9-8(7)6(12-13)4-11-9/h2-4,11H,1H3. The maximum Gasteiger partial charge on any atom is 0.137 e. The molecule has 1 aromatic heterocycles. The minimum absolute atomic E-state index is 0.305. The van der Waals surface area contributed by atoms with Crippen LogP contribution in [-0.4, -0.2) is 12.1 Å². The van der Waals surface area contributed by atoms with Crippen LogP contribution < -0.4 is 4.74 Å². The van der Waals surface area contributed by atoms with Gasteiger partial charge in [0.05, 0.1) is 23.0 Å². The van der Waals surface area contributed by atoms with Gasteiger partial charge < -0.3 is 9.72 Å². The SMILES string of the molecule is COc1ccc(Cl)c2[nH]cc(N=O)c12. The van der Waals surface area contributed by atoms with Gasteiger partial charge in [0, 0.05) is 6.20 Å². The van der Waals surface area contributed by atoms with Crippen molar-refractivity contribution in [3.8, 4) is 5.75 Å². The maximum absolute atomic E-state index is 10.5. The summed E-state index contributed by atoms with van der Waals surface area (Å²) in [7, 11) is 1.53. The molecule has 14 heavy (non-hydrogen) atoms. The number of nitroso groups, excluding NO2 is 1. The quantitative estimate of drug-likeness (QED) is 0.774. The molecule has 0 aliphatic heterocycles. The Morgan fingerprint density at radius 3 is 2.93 bits per heavy atom. The van der Waals surface area contributed by atoms with Crippen molar-refractivity contribution < 1.29 is 4.74 Å². The molecule has 1 heterocycles. The summed E-state index contributed by atoms with van der Waals surface area (Å²) in [6.45, 7) is 0. The fraction of sp³-hybridized carbons (Fsp3) is 0.111. The first-order valence-corrected chi connectivity index (χ1v) is 4.32. The number of H-pyrrole nitrogens is 1. The monoisotopic (exact) mass is 210 g/mol. The number of hydrogen-bond donors (Lipinski definition) is 1. The summed E-state index contributed by atoms with van der Waals surface area (Å²) >= 11 is 5.93. The molecule has 0 bridgehead atoms. The van der Waals surface area contributed by atoms with E-state index in [2.05, 4.69) is 10.2 Å². The van der Waals surface area contributed by atoms with Crippen LogP contribution in [0.25, 0.3) is 10.9 Å². The zero-order valence-electron chi connectivity index (χ0n) is 7.37. The Balaban J connectivity index is 2.88. The second-order valence-electron chi connectivity index (χ2n) is 2.76. The lowest BCUT2D eigenvalue weighted by Crippen LogP contribution is -1.83. The van der Waals surface area contributed by atoms with E-state index in [4.69, 9.17) is 16.3 Å². The number of methoxy groups -OCH3 is 1. The van der Waals surface area contributed by atoms with Crippen molar-refractivity contribution >= 4 is 28.2 Å². The highest BCUT2D eigenvalue weighted by Gasteiger charge is 2.12. The summed E-state index contributed by atoms with van der Waals surface area (Å²) in [6, 6.07) is 3.40. The first-order chi connectivity index (χ1) is 6.77. The average molecular weight is 211 g/mol. The topological polar surface area (TPSA) is 54.4 Å². The molecule has 72 valence electrons. The van der Waals surface area contributed by atoms with E-state index in [1.807, 2.05) is 0 Å². The van der Waals surface area contributed by atoms with Crippen LogP contribution in [-0.2, 0) is 0 Å². The number of rotatable bonds is 2. The van der Waals surface area contributed by atoms with Crippen molar-refractivity contribution in [3.05, 3.63) is 28.3 Å². The Bertz CT molecular complexity index is 493. The van der Waals surface area contributed by atoms with Gasteiger partial charge in [0.1, 0.15) is 11.4 Å². The van der Waals surface area contributed by atoms with Crippen LogP contribution in [0.4, 0.5) is 5.69 Å². The number of nitrogens with one attached hydrogen (secondary N) is 1. The van der Waals surface area contributed by atoms with E-state index in [1.54, 1.807) is 12.1 Å². The fourth-order valence-electron chi connectivity index (χ4n) is 1.41. The summed E-state index contributed by atoms with van der Waals surface area (Å²) in [5, 5.41) is 4.05. The molecule has 2 aromatic rings. The van der Waals surface area contributed by atoms with E-state index in [0.29, 0.717) is 27.4 Å². The van der Waals surface area contributed by atoms with Crippen molar-refractivity contribution in [2.24, 2.45) is 5.18 Å². The van der Waals surface area contributed by atoms with E-state index < -0.39 is 0 Å². The molecule has 0 aliphatic carbocycles. The number of benzene rings is 1. The summed E-state index contributed by atoms with van der Waals surface area (Å²) in [5.74, 6) is 0.584. The number of ether oxygens (including phenoxy) is 1. The van der Waals surface area contributed by atoms with Gasteiger partial charge in [0.2, 0.25) is 0 Å². The molecule has 0 aliphatic rings. The molecule has 0 unspecified atom stereocenters. The third kappa shape index (κ3) is 1.15. The Morgan fingerprint density at radius 1 is 1.50 bits per heavy atom. The van der Waals surface area contributed by atoms with Crippen LogP contribution in [0, 0.1) is 4.91 Å². The lowest BCUT2D eigenvalue weighted by molar-refractivity contribution is 0.420. The van der Waals surface area contributed by atoms with Crippen molar-refractivity contribution in [1.82, 2.24) is 4.98 Å². The molecule has 0 atom stereocenters. The maximum atomic E-state index is 10.5. The van der Waals surface area contributed by atoms with Gasteiger partial charge in [-0.15, -0.1) is 4.91 Å². The smallest absolute Gasteiger partial charge is 0.137 e. The van der Waals surface area contributed by atoms with Crippen molar-refractivity contribution in [3.63, 3.8) is 0 Å². The number of aromatic amines is 1. The minimum atomic E-state index is 0.305. The van der Waals surface area contributed by atoms with E-state index in [1.165, 1.54) is 13.3 Å². The predicted octanol–water partition coefficient (Wildman–Crippen LogP) is 3.23. The fourth-order valence-corrected chi connectivity index (χ4v) is 1.62. The lowest BCUT2D eigenvalue weighted by atomic mass is 10.2. The predicted molar refractivity (Wildman–Crippen MR) is 55.3 cm³/mol. The molecule has 2 rings (SSSR count). The number of aromatic nitrogens is 1. The van der Waals surface area contributed by atoms with Crippen LogP contribution in [0.2, 0.25) is 5.02 Å². The molecule has 0 spiro atoms. The first kappa shape index (κ1) is 9.02. The molecule has 0 amide bonds. The highest BCUT2D eigenvalue weighted by molar-refractivity contribution is 6.35. The average Bonchev–Trinajstić information content (AvgIpc) is 2.63. The first-order valence-electron chi connectivity index (χ1n) is 3.95. The number of nitrogens with zero attached hydrogens (tertiary/aromatic N) is 1. The van der Waals surface area contributed by atoms with E-state index >= 15 is 0 Å². The second-order valence-corrected chi connectivity index (χ2v) is 3.17. The molecule has 0 radical (unpaired) electrons. The largest absolute Gasteiger partial charge is 0.496 e. The Morgan fingerprint density at radius 2 is 2.29 bits per heavy atom. The molecular weight excluding hydrogens is 204 g/mol. The summed E-state index contributed by atoms with van der Waals surface area (Å²) in [6.07, 6.45) is 1.51. The van der Waals surface area contributed by atoms with E-state index in [-0.39, 0.29) is 0 Å². The van der Waals surface area contributed by atoms with Crippen LogP contribution in [0.5, 0.6) is 5.75 Å². The summed E-state index contributed by atoms with van der Waals surface area (Å²) in [5.41, 5.74) is 0.972. The highest BCUT2D eigenvalue weighted by atomic mass is 35.5. The van der Waals surface area contributed by atoms with Crippen LogP contribution >= 0.6 is 11.6 Å². The van der Waals surface area contributed by atoms with Gasteiger partial charge in [0.25, 0.3) is 0 Å². The molecule has 0 saturated carbocycles. The molecule has 1 aromatic carbocycles. The van der Waals surface area contributed by atoms with E-state index in [0.717, 1.165) is 0 Å². The molecule has 5 heteroatoms. The molecule has 4 nitrogen and oxygen atoms in total. The number of hydrogen-bond acceptors (Lipinski definition) is 3. The lowest BCUT2D eigenvalue weighted by Gasteiger charge is -2.02. The normalized spacial score (nSPS) is 10.4. The van der Waals surface area contributed by atoms with Gasteiger partial charge in [0.15, 0.2) is 0 Å². The van der Waals surface area contributed by atoms with Crippen LogP contribution in [0.1, 0.15) is 0 Å². The van der Waals surface area contributed by atoms with E-state index in [9.17, 15) is 4.91 Å². The van der Waals surface area contributed by atoms with Gasteiger partial charge in [-0.2, -0.15) is 0 Å². The zero-order chi connectivity index (χ0) is 10.1. The molecular formula is C9H7ClN2O2. The Hall–Kier alpha value is -1.55. The molecule has 0 fully saturated rings. The minimum Gasteiger partial charge on any atom is -0.496 e. The summed E-state index contributed by atoms with van der Waals surface area (Å²) in [4.78, 5) is 13.4. The third-order valence-corrected chi connectivity index (χ3v) is 2.36. The third-order valence-electron chi connectivity index (χ3n) is 2.04. The van der Waals surface area contributed by atoms with Crippen LogP contribution in [0.15, 0.2) is 23.5 Å². The Kier molecular flexibility index (Phi) is 2.13. The number of halogens is 1. The second kappa shape index (κ2) is 3.31. The zero-order valence-corrected chi connectivity index (χ0v) is 8.13. The van der Waals surface area contributed by atoms with Gasteiger partial charge in [-0.3, -0.25) is 0 Å². The summed E-state index contributed by atoms with van der Waals surface area (Å²) < 4.78 is 5.11. The Labute approximate surface area is 84.8 Å².